The molecule has 0 fully saturated rings. The van der Waals surface area contributed by atoms with Crippen molar-refractivity contribution in [2.75, 3.05) is 0 Å². The number of hydrogen-bond acceptors (Lipinski definition) is 5. The Morgan fingerprint density at radius 3 is 2.61 bits per heavy atom. The van der Waals surface area contributed by atoms with Crippen LogP contribution in [0.4, 0.5) is 4.39 Å². The lowest BCUT2D eigenvalue weighted by Crippen LogP contribution is -2.10. The molecular weight excluding hydrogens is 415 g/mol. The van der Waals surface area contributed by atoms with Crippen molar-refractivity contribution in [3.63, 3.8) is 0 Å². The minimum Gasteiger partial charge on any atom is -0.314 e. The van der Waals surface area contributed by atoms with Gasteiger partial charge in [-0.3, -0.25) is 9.48 Å². The van der Waals surface area contributed by atoms with Crippen LogP contribution in [-0.2, 0) is 13.6 Å². The number of fused-ring (bicyclic) bond motifs is 1. The van der Waals surface area contributed by atoms with Crippen LogP contribution in [0, 0.1) is 5.82 Å². The van der Waals surface area contributed by atoms with Gasteiger partial charge in [0.2, 0.25) is 0 Å². The van der Waals surface area contributed by atoms with E-state index in [0.717, 1.165) is 16.8 Å². The van der Waals surface area contributed by atoms with Gasteiger partial charge in [0, 0.05) is 7.05 Å². The van der Waals surface area contributed by atoms with E-state index in [1.807, 2.05) is 34.9 Å². The Morgan fingerprint density at radius 1 is 1.06 bits per heavy atom. The second-order valence-electron chi connectivity index (χ2n) is 6.98. The maximum atomic E-state index is 13.4. The van der Waals surface area contributed by atoms with E-state index in [2.05, 4.69) is 20.1 Å². The summed E-state index contributed by atoms with van der Waals surface area (Å²) in [6.07, 6.45) is 3.25. The second-order valence-corrected chi connectivity index (χ2v) is 7.94. The summed E-state index contributed by atoms with van der Waals surface area (Å²) in [5.74, 6) is -0.293. The van der Waals surface area contributed by atoms with Gasteiger partial charge in [0.15, 0.2) is 16.0 Å². The van der Waals surface area contributed by atoms with Gasteiger partial charge in [-0.1, -0.05) is 30.3 Å². The van der Waals surface area contributed by atoms with Crippen LogP contribution in [-0.4, -0.2) is 29.3 Å². The van der Waals surface area contributed by atoms with Crippen molar-refractivity contribution in [2.45, 2.75) is 16.9 Å². The lowest BCUT2D eigenvalue weighted by atomic mass is 10.1. The van der Waals surface area contributed by atoms with Gasteiger partial charge in [0.1, 0.15) is 11.2 Å². The molecule has 3 aromatic heterocycles. The summed E-state index contributed by atoms with van der Waals surface area (Å²) < 4.78 is 17.0. The normalized spacial score (nSPS) is 11.3. The second kappa shape index (κ2) is 7.84. The Bertz CT molecular complexity index is 1420. The van der Waals surface area contributed by atoms with Crippen molar-refractivity contribution in [3.8, 4) is 11.3 Å². The minimum atomic E-state index is -0.293. The van der Waals surface area contributed by atoms with Crippen molar-refractivity contribution in [2.24, 2.45) is 7.05 Å². The van der Waals surface area contributed by atoms with Crippen LogP contribution >= 0.6 is 11.8 Å². The van der Waals surface area contributed by atoms with Gasteiger partial charge in [-0.05, 0) is 47.2 Å². The molecule has 1 N–H and O–H groups in total. The van der Waals surface area contributed by atoms with Crippen LogP contribution in [0.3, 0.4) is 0 Å². The summed E-state index contributed by atoms with van der Waals surface area (Å²) in [5, 5.41) is 5.62. The van der Waals surface area contributed by atoms with Gasteiger partial charge in [-0.15, -0.1) is 0 Å². The number of aryl methyl sites for hydroxylation is 1. The summed E-state index contributed by atoms with van der Waals surface area (Å²) in [4.78, 5) is 24.3. The monoisotopic (exact) mass is 432 g/mol. The topological polar surface area (TPSA) is 81.4 Å². The molecule has 0 bridgehead atoms. The summed E-state index contributed by atoms with van der Waals surface area (Å²) >= 11 is 1.26. The average molecular weight is 432 g/mol. The molecule has 5 aromatic rings. The molecule has 0 aliphatic rings. The number of imidazole rings is 1. The van der Waals surface area contributed by atoms with Crippen molar-refractivity contribution in [1.29, 1.82) is 0 Å². The molecule has 0 aliphatic heterocycles. The van der Waals surface area contributed by atoms with Gasteiger partial charge in [-0.25, -0.2) is 14.4 Å². The van der Waals surface area contributed by atoms with Gasteiger partial charge in [0.05, 0.1) is 24.6 Å². The summed E-state index contributed by atoms with van der Waals surface area (Å²) in [6.45, 7) is 0.564. The first-order valence-corrected chi connectivity index (χ1v) is 10.4. The maximum absolute atomic E-state index is 13.4. The standard InChI is InChI=1S/C22H17FN6OS/c1-28-19-17(11-25-28)20(30)27-21(26-19)31-22-24-12-18(15-7-9-16(23)10-8-15)29(22)13-14-5-3-2-4-6-14/h2-12H,13H2,1H3,(H,26,27,30). The van der Waals surface area contributed by atoms with Crippen LogP contribution in [0.2, 0.25) is 0 Å². The highest BCUT2D eigenvalue weighted by atomic mass is 32.2. The van der Waals surface area contributed by atoms with Crippen molar-refractivity contribution >= 4 is 22.8 Å². The molecule has 0 amide bonds. The third-order valence-electron chi connectivity index (χ3n) is 4.91. The van der Waals surface area contributed by atoms with Crippen LogP contribution in [0.15, 0.2) is 82.1 Å². The van der Waals surface area contributed by atoms with E-state index in [1.54, 1.807) is 30.1 Å². The number of H-pyrrole nitrogens is 1. The van der Waals surface area contributed by atoms with Gasteiger partial charge in [0.25, 0.3) is 5.56 Å². The first-order valence-electron chi connectivity index (χ1n) is 9.54. The molecule has 0 radical (unpaired) electrons. The Kier molecular flexibility index (Phi) is 4.87. The molecule has 31 heavy (non-hydrogen) atoms. The Labute approximate surface area is 180 Å². The summed E-state index contributed by atoms with van der Waals surface area (Å²) in [6, 6.07) is 16.3. The molecule has 0 spiro atoms. The average Bonchev–Trinajstić information content (AvgIpc) is 3.34. The lowest BCUT2D eigenvalue weighted by molar-refractivity contribution is 0.628. The number of nitrogens with one attached hydrogen (secondary N) is 1. The smallest absolute Gasteiger partial charge is 0.262 e. The van der Waals surface area contributed by atoms with E-state index in [-0.39, 0.29) is 11.4 Å². The molecular formula is C22H17FN6OS. The fourth-order valence-electron chi connectivity index (χ4n) is 3.36. The minimum absolute atomic E-state index is 0.250. The molecule has 0 saturated carbocycles. The SMILES string of the molecule is Cn1ncc2c(=O)[nH]c(Sc3ncc(-c4ccc(F)cc4)n3Cc3ccccc3)nc21. The zero-order valence-corrected chi connectivity index (χ0v) is 17.3. The number of rotatable bonds is 5. The largest absolute Gasteiger partial charge is 0.314 e. The van der Waals surface area contributed by atoms with E-state index in [9.17, 15) is 9.18 Å². The quantitative estimate of drug-likeness (QED) is 0.427. The number of nitrogens with zero attached hydrogens (tertiary/aromatic N) is 5. The number of hydrogen-bond donors (Lipinski definition) is 1. The fraction of sp³-hybridized carbons (Fsp3) is 0.0909. The Morgan fingerprint density at radius 2 is 1.84 bits per heavy atom. The third kappa shape index (κ3) is 3.75. The van der Waals surface area contributed by atoms with E-state index in [1.165, 1.54) is 30.1 Å². The van der Waals surface area contributed by atoms with E-state index < -0.39 is 0 Å². The lowest BCUT2D eigenvalue weighted by Gasteiger charge is -2.12. The summed E-state index contributed by atoms with van der Waals surface area (Å²) in [5.41, 5.74) is 3.04. The zero-order valence-electron chi connectivity index (χ0n) is 16.5. The highest BCUT2D eigenvalue weighted by Crippen LogP contribution is 2.30. The number of aromatic nitrogens is 6. The van der Waals surface area contributed by atoms with Gasteiger partial charge < -0.3 is 9.55 Å². The fourth-order valence-corrected chi connectivity index (χ4v) is 4.18. The van der Waals surface area contributed by atoms with Crippen LogP contribution in [0.1, 0.15) is 5.56 Å². The first kappa shape index (κ1) is 19.3. The Hall–Kier alpha value is -3.72. The van der Waals surface area contributed by atoms with E-state index >= 15 is 0 Å². The molecule has 2 aromatic carbocycles. The number of aromatic amines is 1. The van der Waals surface area contributed by atoms with Crippen LogP contribution in [0.5, 0.6) is 0 Å². The van der Waals surface area contributed by atoms with Crippen LogP contribution < -0.4 is 5.56 Å². The molecule has 0 aliphatic carbocycles. The summed E-state index contributed by atoms with van der Waals surface area (Å²) in [7, 11) is 1.74. The van der Waals surface area contributed by atoms with Crippen LogP contribution in [0.25, 0.3) is 22.3 Å². The highest BCUT2D eigenvalue weighted by molar-refractivity contribution is 7.99. The predicted octanol–water partition coefficient (Wildman–Crippen LogP) is 3.86. The van der Waals surface area contributed by atoms with Crippen molar-refractivity contribution in [1.82, 2.24) is 29.3 Å². The molecule has 9 heteroatoms. The van der Waals surface area contributed by atoms with E-state index in [0.29, 0.717) is 27.9 Å². The molecule has 7 nitrogen and oxygen atoms in total. The predicted molar refractivity (Wildman–Crippen MR) is 116 cm³/mol. The van der Waals surface area contributed by atoms with Crippen molar-refractivity contribution in [3.05, 3.63) is 88.7 Å². The molecule has 5 rings (SSSR count). The first-order chi connectivity index (χ1) is 15.1. The zero-order chi connectivity index (χ0) is 21.4. The molecule has 0 saturated heterocycles. The van der Waals surface area contributed by atoms with Crippen molar-refractivity contribution < 1.29 is 4.39 Å². The Balaban J connectivity index is 1.59. The van der Waals surface area contributed by atoms with Gasteiger partial charge in [-0.2, -0.15) is 5.10 Å². The number of benzene rings is 2. The van der Waals surface area contributed by atoms with E-state index in [4.69, 9.17) is 0 Å². The maximum Gasteiger partial charge on any atom is 0.262 e. The molecule has 0 unspecified atom stereocenters. The molecule has 0 atom stereocenters. The molecule has 3 heterocycles. The number of halogens is 1. The third-order valence-corrected chi connectivity index (χ3v) is 5.81. The highest BCUT2D eigenvalue weighted by Gasteiger charge is 2.16. The van der Waals surface area contributed by atoms with Gasteiger partial charge >= 0.3 is 0 Å². The molecule has 154 valence electrons.